The molecule has 5 nitrogen and oxygen atoms in total. The van der Waals surface area contributed by atoms with Crippen LogP contribution in [0.4, 0.5) is 0 Å². The Morgan fingerprint density at radius 3 is 2.44 bits per heavy atom. The van der Waals surface area contributed by atoms with Crippen molar-refractivity contribution in [2.24, 2.45) is 5.73 Å². The van der Waals surface area contributed by atoms with Gasteiger partial charge in [0, 0.05) is 0 Å². The monoisotopic (exact) mass is 285 g/mol. The summed E-state index contributed by atoms with van der Waals surface area (Å²) in [6.45, 7) is 0. The van der Waals surface area contributed by atoms with Crippen LogP contribution in [0.25, 0.3) is 0 Å². The van der Waals surface area contributed by atoms with Crippen LogP contribution in [0.15, 0.2) is 30.6 Å². The van der Waals surface area contributed by atoms with E-state index in [-0.39, 0.29) is 30.9 Å². The second-order valence-corrected chi connectivity index (χ2v) is 3.49. The Labute approximate surface area is 117 Å². The predicted molar refractivity (Wildman–Crippen MR) is 72.7 cm³/mol. The summed E-state index contributed by atoms with van der Waals surface area (Å²) in [6.07, 6.45) is 2.11. The van der Waals surface area contributed by atoms with E-state index < -0.39 is 0 Å². The third kappa shape index (κ3) is 4.00. The molecule has 1 heterocycles. The van der Waals surface area contributed by atoms with Gasteiger partial charge < -0.3 is 5.73 Å². The summed E-state index contributed by atoms with van der Waals surface area (Å²) in [6, 6.07) is 9.23. The normalized spacial score (nSPS) is 10.7. The van der Waals surface area contributed by atoms with Crippen LogP contribution in [0.1, 0.15) is 23.0 Å². The molecule has 0 radical (unpaired) electrons. The van der Waals surface area contributed by atoms with Crippen LogP contribution >= 0.6 is 24.8 Å². The second-order valence-electron chi connectivity index (χ2n) is 3.49. The lowest BCUT2D eigenvalue weighted by molar-refractivity contribution is 0.671. The van der Waals surface area contributed by atoms with Gasteiger partial charge in [0.15, 0.2) is 0 Å². The number of nitrogens with one attached hydrogen (secondary N) is 1. The number of H-pyrrole nitrogens is 1. The first-order valence-corrected chi connectivity index (χ1v) is 4.89. The molecule has 1 atom stereocenters. The van der Waals surface area contributed by atoms with E-state index in [9.17, 15) is 0 Å². The Hall–Kier alpha value is -1.61. The number of aromatic amines is 1. The fraction of sp³-hybridized carbons (Fsp3) is 0.182. The Balaban J connectivity index is 0.00000144. The largest absolute Gasteiger partial charge is 0.321 e. The van der Waals surface area contributed by atoms with Crippen molar-refractivity contribution in [1.82, 2.24) is 15.2 Å². The van der Waals surface area contributed by atoms with Crippen LogP contribution in [0.2, 0.25) is 0 Å². The zero-order valence-electron chi connectivity index (χ0n) is 9.41. The first kappa shape index (κ1) is 16.4. The number of benzene rings is 1. The first-order valence-electron chi connectivity index (χ1n) is 4.89. The molecule has 3 N–H and O–H groups in total. The van der Waals surface area contributed by atoms with Gasteiger partial charge in [0.2, 0.25) is 0 Å². The van der Waals surface area contributed by atoms with Gasteiger partial charge in [-0.1, -0.05) is 12.1 Å². The summed E-state index contributed by atoms with van der Waals surface area (Å²) >= 11 is 0. The van der Waals surface area contributed by atoms with E-state index in [0.717, 1.165) is 5.56 Å². The van der Waals surface area contributed by atoms with Crippen molar-refractivity contribution < 1.29 is 0 Å². The van der Waals surface area contributed by atoms with Crippen molar-refractivity contribution >= 4 is 24.8 Å². The standard InChI is InChI=1S/C11H11N5.2ClH/c12-6-9-3-1-8(2-4-9)5-10(13)11-14-7-15-16-11;;/h1-4,7,10H,5,13H2,(H,14,15,16);2*1H/t10-;;/m1../s1. The van der Waals surface area contributed by atoms with Crippen molar-refractivity contribution in [2.75, 3.05) is 0 Å². The van der Waals surface area contributed by atoms with Gasteiger partial charge in [-0.25, -0.2) is 4.98 Å². The van der Waals surface area contributed by atoms with Gasteiger partial charge in [-0.05, 0) is 24.1 Å². The molecule has 2 aromatic rings. The number of rotatable bonds is 3. The molecule has 0 aliphatic heterocycles. The Morgan fingerprint density at radius 2 is 1.94 bits per heavy atom. The van der Waals surface area contributed by atoms with Crippen LogP contribution in [0, 0.1) is 11.3 Å². The molecular formula is C11H13Cl2N5. The number of aromatic nitrogens is 3. The van der Waals surface area contributed by atoms with Crippen LogP contribution in [0.5, 0.6) is 0 Å². The van der Waals surface area contributed by atoms with Gasteiger partial charge in [-0.2, -0.15) is 10.4 Å². The molecule has 1 aromatic carbocycles. The quantitative estimate of drug-likeness (QED) is 0.899. The summed E-state index contributed by atoms with van der Waals surface area (Å²) in [5.74, 6) is 0.671. The van der Waals surface area contributed by atoms with E-state index in [1.54, 1.807) is 12.1 Å². The van der Waals surface area contributed by atoms with Gasteiger partial charge in [0.1, 0.15) is 12.2 Å². The molecule has 0 amide bonds. The molecule has 0 unspecified atom stereocenters. The number of nitrogens with two attached hydrogens (primary N) is 1. The lowest BCUT2D eigenvalue weighted by atomic mass is 10.0. The molecule has 18 heavy (non-hydrogen) atoms. The molecule has 0 bridgehead atoms. The number of nitrogens with zero attached hydrogens (tertiary/aromatic N) is 3. The Morgan fingerprint density at radius 1 is 1.28 bits per heavy atom. The van der Waals surface area contributed by atoms with E-state index in [2.05, 4.69) is 21.3 Å². The summed E-state index contributed by atoms with van der Waals surface area (Å²) in [5, 5.41) is 15.2. The fourth-order valence-corrected chi connectivity index (χ4v) is 1.46. The lowest BCUT2D eigenvalue weighted by Crippen LogP contribution is -2.15. The van der Waals surface area contributed by atoms with E-state index in [4.69, 9.17) is 11.0 Å². The summed E-state index contributed by atoms with van der Waals surface area (Å²) in [4.78, 5) is 4.00. The molecule has 2 rings (SSSR count). The molecule has 1 aromatic heterocycles. The minimum atomic E-state index is -0.199. The molecule has 7 heteroatoms. The topological polar surface area (TPSA) is 91.4 Å². The van der Waals surface area contributed by atoms with E-state index >= 15 is 0 Å². The minimum absolute atomic E-state index is 0. The maximum atomic E-state index is 8.66. The molecule has 0 aliphatic rings. The van der Waals surface area contributed by atoms with Crippen molar-refractivity contribution in [3.8, 4) is 6.07 Å². The number of halogens is 2. The fourth-order valence-electron chi connectivity index (χ4n) is 1.46. The van der Waals surface area contributed by atoms with Gasteiger partial charge in [0.05, 0.1) is 17.7 Å². The zero-order valence-corrected chi connectivity index (χ0v) is 11.0. The Bertz CT molecular complexity index is 489. The van der Waals surface area contributed by atoms with Crippen molar-refractivity contribution in [3.05, 3.63) is 47.5 Å². The maximum absolute atomic E-state index is 8.66. The predicted octanol–water partition coefficient (Wildman–Crippen LogP) is 1.76. The highest BCUT2D eigenvalue weighted by Crippen LogP contribution is 2.12. The van der Waals surface area contributed by atoms with Crippen molar-refractivity contribution in [2.45, 2.75) is 12.5 Å². The number of hydrogen-bond donors (Lipinski definition) is 2. The average molecular weight is 286 g/mol. The summed E-state index contributed by atoms with van der Waals surface area (Å²) < 4.78 is 0. The smallest absolute Gasteiger partial charge is 0.141 e. The van der Waals surface area contributed by atoms with Crippen LogP contribution < -0.4 is 5.73 Å². The molecule has 0 saturated carbocycles. The minimum Gasteiger partial charge on any atom is -0.321 e. The SMILES string of the molecule is Cl.Cl.N#Cc1ccc(C[C@@H](N)c2ncn[nH]2)cc1. The van der Waals surface area contributed by atoms with Crippen LogP contribution in [0.3, 0.4) is 0 Å². The van der Waals surface area contributed by atoms with Crippen LogP contribution in [-0.2, 0) is 6.42 Å². The number of hydrogen-bond acceptors (Lipinski definition) is 4. The van der Waals surface area contributed by atoms with Crippen molar-refractivity contribution in [1.29, 1.82) is 5.26 Å². The van der Waals surface area contributed by atoms with E-state index in [0.29, 0.717) is 17.8 Å². The van der Waals surface area contributed by atoms with E-state index in [1.807, 2.05) is 12.1 Å². The summed E-state index contributed by atoms with van der Waals surface area (Å²) in [5.41, 5.74) is 7.67. The highest BCUT2D eigenvalue weighted by Gasteiger charge is 2.09. The molecule has 96 valence electrons. The molecule has 0 spiro atoms. The molecule has 0 aliphatic carbocycles. The summed E-state index contributed by atoms with van der Waals surface area (Å²) in [7, 11) is 0. The highest BCUT2D eigenvalue weighted by atomic mass is 35.5. The van der Waals surface area contributed by atoms with Gasteiger partial charge in [-0.3, -0.25) is 5.10 Å². The van der Waals surface area contributed by atoms with Gasteiger partial charge >= 0.3 is 0 Å². The van der Waals surface area contributed by atoms with Gasteiger partial charge in [0.25, 0.3) is 0 Å². The average Bonchev–Trinajstić information content (AvgIpc) is 2.83. The lowest BCUT2D eigenvalue weighted by Gasteiger charge is -2.07. The third-order valence-corrected chi connectivity index (χ3v) is 2.32. The van der Waals surface area contributed by atoms with Crippen molar-refractivity contribution in [3.63, 3.8) is 0 Å². The van der Waals surface area contributed by atoms with Gasteiger partial charge in [-0.15, -0.1) is 24.8 Å². The molecule has 0 saturated heterocycles. The van der Waals surface area contributed by atoms with Crippen LogP contribution in [-0.4, -0.2) is 15.2 Å². The second kappa shape index (κ2) is 7.67. The Kier molecular flexibility index (Phi) is 6.98. The third-order valence-electron chi connectivity index (χ3n) is 2.32. The van der Waals surface area contributed by atoms with E-state index in [1.165, 1.54) is 6.33 Å². The molecule has 0 fully saturated rings. The zero-order chi connectivity index (χ0) is 11.4. The first-order chi connectivity index (χ1) is 7.79. The molecular weight excluding hydrogens is 273 g/mol. The number of nitriles is 1. The highest BCUT2D eigenvalue weighted by molar-refractivity contribution is 5.85. The maximum Gasteiger partial charge on any atom is 0.141 e.